The van der Waals surface area contributed by atoms with E-state index in [0.29, 0.717) is 29.4 Å². The normalized spacial score (nSPS) is 11.6. The van der Waals surface area contributed by atoms with E-state index < -0.39 is 12.0 Å². The maximum absolute atomic E-state index is 13.2. The van der Waals surface area contributed by atoms with Crippen molar-refractivity contribution in [1.82, 2.24) is 9.97 Å². The van der Waals surface area contributed by atoms with Gasteiger partial charge in [0.15, 0.2) is 5.69 Å². The zero-order chi connectivity index (χ0) is 20.7. The van der Waals surface area contributed by atoms with Gasteiger partial charge in [0.2, 0.25) is 0 Å². The Labute approximate surface area is 164 Å². The maximum atomic E-state index is 13.2. The Morgan fingerprint density at radius 3 is 2.64 bits per heavy atom. The van der Waals surface area contributed by atoms with E-state index in [1.807, 2.05) is 13.8 Å². The number of nitrogens with one attached hydrogen (secondary N) is 1. The van der Waals surface area contributed by atoms with Crippen LogP contribution in [0.2, 0.25) is 0 Å². The summed E-state index contributed by atoms with van der Waals surface area (Å²) in [6.45, 7) is 5.83. The first-order chi connectivity index (χ1) is 13.4. The first-order valence-electron chi connectivity index (χ1n) is 9.22. The standard InChI is InChI=1S/C20H26N4O4/c1-5-7-14(6-2)24(18-13(3)8-9-16(22-18)19(25)26)20(27)23-17-12-15(28-4)10-11-21-17/h8-12,14H,5-7H2,1-4H3,(H,25,26)(H,21,23,27)/t14-/m1/s1. The van der Waals surface area contributed by atoms with Crippen molar-refractivity contribution in [2.75, 3.05) is 17.3 Å². The number of pyridine rings is 2. The predicted octanol–water partition coefficient (Wildman–Crippen LogP) is 4.11. The minimum Gasteiger partial charge on any atom is -0.497 e. The van der Waals surface area contributed by atoms with Crippen LogP contribution in [0, 0.1) is 6.92 Å². The van der Waals surface area contributed by atoms with Gasteiger partial charge in [0.1, 0.15) is 17.4 Å². The summed E-state index contributed by atoms with van der Waals surface area (Å²) in [6.07, 6.45) is 3.87. The van der Waals surface area contributed by atoms with E-state index in [9.17, 15) is 14.7 Å². The molecule has 8 heteroatoms. The minimum atomic E-state index is -1.14. The molecule has 0 fully saturated rings. The molecule has 150 valence electrons. The van der Waals surface area contributed by atoms with Crippen LogP contribution in [0.4, 0.5) is 16.4 Å². The molecule has 0 saturated carbocycles. The molecule has 0 aliphatic heterocycles. The molecule has 0 spiro atoms. The number of carboxylic acid groups (broad SMARTS) is 1. The molecule has 2 N–H and O–H groups in total. The van der Waals surface area contributed by atoms with Gasteiger partial charge in [-0.15, -0.1) is 0 Å². The maximum Gasteiger partial charge on any atom is 0.354 e. The SMILES string of the molecule is CCC[C@@H](CC)N(C(=O)Nc1cc(OC)ccn1)c1nc(C(=O)O)ccc1C. The smallest absolute Gasteiger partial charge is 0.354 e. The zero-order valence-corrected chi connectivity index (χ0v) is 16.6. The van der Waals surface area contributed by atoms with Gasteiger partial charge in [-0.25, -0.2) is 19.6 Å². The molecule has 2 amide bonds. The highest BCUT2D eigenvalue weighted by atomic mass is 16.5. The number of carbonyl (C=O) groups is 2. The van der Waals surface area contributed by atoms with E-state index in [2.05, 4.69) is 15.3 Å². The van der Waals surface area contributed by atoms with Crippen LogP contribution in [0.5, 0.6) is 5.75 Å². The number of aromatic carboxylic acids is 1. The van der Waals surface area contributed by atoms with Crippen molar-refractivity contribution in [2.45, 2.75) is 46.1 Å². The number of anilines is 2. The first kappa shape index (κ1) is 21.1. The van der Waals surface area contributed by atoms with Gasteiger partial charge in [-0.1, -0.05) is 26.3 Å². The largest absolute Gasteiger partial charge is 0.497 e. The van der Waals surface area contributed by atoms with Crippen LogP contribution in [0.3, 0.4) is 0 Å². The third kappa shape index (κ3) is 4.97. The third-order valence-electron chi connectivity index (χ3n) is 4.40. The van der Waals surface area contributed by atoms with Crippen molar-refractivity contribution < 1.29 is 19.4 Å². The molecule has 2 aromatic heterocycles. The Morgan fingerprint density at radius 1 is 1.29 bits per heavy atom. The molecule has 0 bridgehead atoms. The Hall–Kier alpha value is -3.16. The molecule has 1 atom stereocenters. The van der Waals surface area contributed by atoms with Crippen molar-refractivity contribution in [2.24, 2.45) is 0 Å². The number of methoxy groups -OCH3 is 1. The number of urea groups is 1. The Bertz CT molecular complexity index is 841. The van der Waals surface area contributed by atoms with Gasteiger partial charge < -0.3 is 9.84 Å². The second-order valence-electron chi connectivity index (χ2n) is 6.37. The summed E-state index contributed by atoms with van der Waals surface area (Å²) in [4.78, 5) is 34.5. The van der Waals surface area contributed by atoms with Crippen LogP contribution in [-0.2, 0) is 0 Å². The second kappa shape index (κ2) is 9.68. The van der Waals surface area contributed by atoms with Crippen molar-refractivity contribution in [3.8, 4) is 5.75 Å². The average Bonchev–Trinajstić information content (AvgIpc) is 2.68. The number of carboxylic acids is 1. The Balaban J connectivity index is 2.45. The van der Waals surface area contributed by atoms with Crippen molar-refractivity contribution in [3.05, 3.63) is 41.7 Å². The molecule has 2 heterocycles. The Morgan fingerprint density at radius 2 is 2.04 bits per heavy atom. The number of nitrogens with zero attached hydrogens (tertiary/aromatic N) is 3. The fraction of sp³-hybridized carbons (Fsp3) is 0.400. The number of aromatic nitrogens is 2. The van der Waals surface area contributed by atoms with Gasteiger partial charge in [0.25, 0.3) is 0 Å². The van der Waals surface area contributed by atoms with Crippen LogP contribution in [0.1, 0.15) is 49.2 Å². The fourth-order valence-corrected chi connectivity index (χ4v) is 2.94. The molecule has 0 aromatic carbocycles. The van der Waals surface area contributed by atoms with Crippen LogP contribution in [0.15, 0.2) is 30.5 Å². The van der Waals surface area contributed by atoms with Gasteiger partial charge >= 0.3 is 12.0 Å². The summed E-state index contributed by atoms with van der Waals surface area (Å²) in [5, 5.41) is 12.1. The van der Waals surface area contributed by atoms with E-state index in [-0.39, 0.29) is 11.7 Å². The number of hydrogen-bond donors (Lipinski definition) is 2. The molecule has 2 rings (SSSR count). The van der Waals surface area contributed by atoms with Crippen LogP contribution in [0.25, 0.3) is 0 Å². The molecule has 2 aromatic rings. The van der Waals surface area contributed by atoms with Crippen molar-refractivity contribution in [1.29, 1.82) is 0 Å². The first-order valence-corrected chi connectivity index (χ1v) is 9.22. The highest BCUT2D eigenvalue weighted by Gasteiger charge is 2.27. The highest BCUT2D eigenvalue weighted by molar-refractivity contribution is 6.02. The number of hydrogen-bond acceptors (Lipinski definition) is 5. The summed E-state index contributed by atoms with van der Waals surface area (Å²) in [5.41, 5.74) is 0.609. The van der Waals surface area contributed by atoms with E-state index in [4.69, 9.17) is 4.74 Å². The van der Waals surface area contributed by atoms with Gasteiger partial charge in [0, 0.05) is 18.3 Å². The van der Waals surface area contributed by atoms with Gasteiger partial charge in [-0.2, -0.15) is 0 Å². The summed E-state index contributed by atoms with van der Waals surface area (Å²) >= 11 is 0. The van der Waals surface area contributed by atoms with Gasteiger partial charge in [-0.3, -0.25) is 10.2 Å². The number of amides is 2. The van der Waals surface area contributed by atoms with E-state index in [1.165, 1.54) is 24.3 Å². The lowest BCUT2D eigenvalue weighted by molar-refractivity contribution is 0.0690. The minimum absolute atomic E-state index is 0.107. The molecule has 28 heavy (non-hydrogen) atoms. The van der Waals surface area contributed by atoms with Crippen LogP contribution in [-0.4, -0.2) is 40.2 Å². The molecule has 0 aliphatic rings. The quantitative estimate of drug-likeness (QED) is 0.707. The monoisotopic (exact) mass is 386 g/mol. The predicted molar refractivity (Wildman–Crippen MR) is 107 cm³/mol. The molecule has 0 radical (unpaired) electrons. The van der Waals surface area contributed by atoms with Crippen molar-refractivity contribution >= 4 is 23.6 Å². The zero-order valence-electron chi connectivity index (χ0n) is 16.6. The summed E-state index contributed by atoms with van der Waals surface area (Å²) < 4.78 is 5.17. The summed E-state index contributed by atoms with van der Waals surface area (Å²) in [7, 11) is 1.53. The molecule has 0 unspecified atom stereocenters. The lowest BCUT2D eigenvalue weighted by Crippen LogP contribution is -2.44. The lowest BCUT2D eigenvalue weighted by Gasteiger charge is -2.31. The fourth-order valence-electron chi connectivity index (χ4n) is 2.94. The number of rotatable bonds is 8. The van der Waals surface area contributed by atoms with Gasteiger partial charge in [0.05, 0.1) is 7.11 Å². The molecule has 0 aliphatic carbocycles. The second-order valence-corrected chi connectivity index (χ2v) is 6.37. The van der Waals surface area contributed by atoms with Gasteiger partial charge in [-0.05, 0) is 37.5 Å². The van der Waals surface area contributed by atoms with E-state index >= 15 is 0 Å². The highest BCUT2D eigenvalue weighted by Crippen LogP contribution is 2.25. The number of carbonyl (C=O) groups excluding carboxylic acids is 1. The molecule has 8 nitrogen and oxygen atoms in total. The third-order valence-corrected chi connectivity index (χ3v) is 4.40. The Kier molecular flexibility index (Phi) is 7.31. The number of ether oxygens (including phenoxy) is 1. The molecular weight excluding hydrogens is 360 g/mol. The summed E-state index contributed by atoms with van der Waals surface area (Å²) in [5.74, 6) is 0.104. The number of aryl methyl sites for hydroxylation is 1. The molecular formula is C20H26N4O4. The van der Waals surface area contributed by atoms with Crippen LogP contribution < -0.4 is 15.0 Å². The average molecular weight is 386 g/mol. The summed E-state index contributed by atoms with van der Waals surface area (Å²) in [6, 6.07) is 5.84. The van der Waals surface area contributed by atoms with E-state index in [1.54, 1.807) is 25.1 Å². The van der Waals surface area contributed by atoms with Crippen LogP contribution >= 0.6 is 0 Å². The molecule has 0 saturated heterocycles. The lowest BCUT2D eigenvalue weighted by atomic mass is 10.1. The topological polar surface area (TPSA) is 105 Å². The van der Waals surface area contributed by atoms with E-state index in [0.717, 1.165) is 12.8 Å². The van der Waals surface area contributed by atoms with Crippen molar-refractivity contribution in [3.63, 3.8) is 0 Å².